The van der Waals surface area contributed by atoms with E-state index in [1.165, 1.54) is 62.5 Å². The Kier molecular flexibility index (Phi) is 27.4. The fourth-order valence-electron chi connectivity index (χ4n) is 7.18. The van der Waals surface area contributed by atoms with E-state index in [1.54, 1.807) is 0 Å². The zero-order chi connectivity index (χ0) is 36.0. The van der Waals surface area contributed by atoms with Crippen LogP contribution in [0.4, 0.5) is 0 Å². The van der Waals surface area contributed by atoms with E-state index >= 15 is 0 Å². The Balaban J connectivity index is 2.89. The molecule has 0 fully saturated rings. The SMILES string of the molecule is CCCCCCCCCOC(=O)CCCCCCCN(CCO)C(CCCCCC)(C(=O)O)c1ccc(CCCCC)c(CCCCC)c1. The second-order valence-electron chi connectivity index (χ2n) is 14.4. The maximum Gasteiger partial charge on any atom is 0.328 e. The summed E-state index contributed by atoms with van der Waals surface area (Å²) in [6, 6.07) is 6.53. The maximum atomic E-state index is 13.5. The highest BCUT2D eigenvalue weighted by molar-refractivity contribution is 5.81. The zero-order valence-electron chi connectivity index (χ0n) is 32.5. The molecule has 0 saturated heterocycles. The summed E-state index contributed by atoms with van der Waals surface area (Å²) in [7, 11) is 0. The number of aliphatic hydroxyl groups excluding tert-OH is 1. The van der Waals surface area contributed by atoms with Gasteiger partial charge in [-0.25, -0.2) is 4.79 Å². The summed E-state index contributed by atoms with van der Waals surface area (Å²) >= 11 is 0. The van der Waals surface area contributed by atoms with Gasteiger partial charge in [0.2, 0.25) is 0 Å². The number of benzene rings is 1. The van der Waals surface area contributed by atoms with Crippen molar-refractivity contribution in [3.8, 4) is 0 Å². The van der Waals surface area contributed by atoms with Gasteiger partial charge in [-0.3, -0.25) is 9.69 Å². The Morgan fingerprint density at radius 1 is 0.633 bits per heavy atom. The number of nitrogens with zero attached hydrogens (tertiary/aromatic N) is 1. The molecule has 0 radical (unpaired) electrons. The molecule has 0 aromatic heterocycles. The Morgan fingerprint density at radius 2 is 1.16 bits per heavy atom. The van der Waals surface area contributed by atoms with Crippen LogP contribution in [0, 0.1) is 0 Å². The summed E-state index contributed by atoms with van der Waals surface area (Å²) in [6.45, 7) is 10.3. The molecule has 1 aromatic rings. The van der Waals surface area contributed by atoms with Gasteiger partial charge in [0.1, 0.15) is 5.54 Å². The number of aliphatic hydroxyl groups is 1. The van der Waals surface area contributed by atoms with E-state index in [0.29, 0.717) is 32.5 Å². The molecule has 49 heavy (non-hydrogen) atoms. The summed E-state index contributed by atoms with van der Waals surface area (Å²) in [6.07, 6.45) is 27.3. The topological polar surface area (TPSA) is 87.1 Å². The van der Waals surface area contributed by atoms with Crippen LogP contribution in [0.3, 0.4) is 0 Å². The second-order valence-corrected chi connectivity index (χ2v) is 14.4. The van der Waals surface area contributed by atoms with Crippen molar-refractivity contribution in [3.63, 3.8) is 0 Å². The van der Waals surface area contributed by atoms with Crippen LogP contribution >= 0.6 is 0 Å². The molecule has 0 saturated carbocycles. The molecule has 0 amide bonds. The molecule has 1 aromatic carbocycles. The van der Waals surface area contributed by atoms with E-state index in [4.69, 9.17) is 4.74 Å². The van der Waals surface area contributed by atoms with E-state index in [9.17, 15) is 19.8 Å². The third-order valence-electron chi connectivity index (χ3n) is 10.3. The monoisotopic (exact) mass is 688 g/mol. The number of aliphatic carboxylic acids is 1. The largest absolute Gasteiger partial charge is 0.480 e. The van der Waals surface area contributed by atoms with Gasteiger partial charge in [0, 0.05) is 13.0 Å². The third kappa shape index (κ3) is 18.8. The molecular formula is C43H77NO5. The molecule has 2 N–H and O–H groups in total. The first-order valence-electron chi connectivity index (χ1n) is 20.8. The minimum absolute atomic E-state index is 0.0661. The average Bonchev–Trinajstić information content (AvgIpc) is 3.09. The number of ether oxygens (including phenoxy) is 1. The van der Waals surface area contributed by atoms with Crippen molar-refractivity contribution in [2.24, 2.45) is 0 Å². The highest BCUT2D eigenvalue weighted by atomic mass is 16.5. The molecule has 0 aliphatic rings. The molecule has 0 bridgehead atoms. The van der Waals surface area contributed by atoms with E-state index in [0.717, 1.165) is 108 Å². The molecule has 6 heteroatoms. The van der Waals surface area contributed by atoms with Crippen LogP contribution in [0.2, 0.25) is 0 Å². The summed E-state index contributed by atoms with van der Waals surface area (Å²) in [4.78, 5) is 27.8. The first-order valence-corrected chi connectivity index (χ1v) is 20.8. The van der Waals surface area contributed by atoms with Gasteiger partial charge in [0.05, 0.1) is 13.2 Å². The van der Waals surface area contributed by atoms with Crippen LogP contribution in [0.15, 0.2) is 18.2 Å². The standard InChI is InChI=1S/C43H77NO5/c1-5-9-13-15-16-20-26-36-49-41(46)29-23-18-17-19-25-33-44(34-35-45)43(42(47)48,32-24-14-10-6-2)40-31-30-38(27-21-11-7-3)39(37-40)28-22-12-8-4/h30-31,37,45H,5-29,32-36H2,1-4H3,(H,47,48). The molecule has 0 spiro atoms. The molecule has 0 heterocycles. The number of rotatable bonds is 34. The van der Waals surface area contributed by atoms with Gasteiger partial charge >= 0.3 is 11.9 Å². The van der Waals surface area contributed by atoms with Crippen LogP contribution in [-0.2, 0) is 32.7 Å². The lowest BCUT2D eigenvalue weighted by Gasteiger charge is -2.41. The fourth-order valence-corrected chi connectivity index (χ4v) is 7.18. The number of hydrogen-bond acceptors (Lipinski definition) is 5. The summed E-state index contributed by atoms with van der Waals surface area (Å²) in [5.74, 6) is -0.884. The predicted molar refractivity (Wildman–Crippen MR) is 206 cm³/mol. The smallest absolute Gasteiger partial charge is 0.328 e. The number of carboxylic acids is 1. The van der Waals surface area contributed by atoms with Gasteiger partial charge in [-0.1, -0.05) is 155 Å². The number of carbonyl (C=O) groups is 2. The van der Waals surface area contributed by atoms with Gasteiger partial charge in [0.25, 0.3) is 0 Å². The third-order valence-corrected chi connectivity index (χ3v) is 10.3. The van der Waals surface area contributed by atoms with Gasteiger partial charge < -0.3 is 14.9 Å². The highest BCUT2D eigenvalue weighted by Gasteiger charge is 2.45. The molecule has 0 aliphatic carbocycles. The number of unbranched alkanes of at least 4 members (excludes halogenated alkanes) is 17. The number of carboxylic acid groups (broad SMARTS) is 1. The lowest BCUT2D eigenvalue weighted by atomic mass is 9.80. The van der Waals surface area contributed by atoms with Crippen molar-refractivity contribution in [1.82, 2.24) is 4.90 Å². The molecule has 1 atom stereocenters. The summed E-state index contributed by atoms with van der Waals surface area (Å²) in [5, 5.41) is 21.3. The first-order chi connectivity index (χ1) is 23.9. The van der Waals surface area contributed by atoms with Crippen molar-refractivity contribution in [2.75, 3.05) is 26.3 Å². The van der Waals surface area contributed by atoms with E-state index in [2.05, 4.69) is 50.8 Å². The minimum atomic E-state index is -1.16. The highest BCUT2D eigenvalue weighted by Crippen LogP contribution is 2.37. The lowest BCUT2D eigenvalue weighted by molar-refractivity contribution is -0.154. The molecule has 1 unspecified atom stereocenters. The van der Waals surface area contributed by atoms with Crippen molar-refractivity contribution in [3.05, 3.63) is 34.9 Å². The Labute approximate surface area is 302 Å². The maximum absolute atomic E-state index is 13.5. The Bertz CT molecular complexity index is 966. The molecule has 1 rings (SSSR count). The fraction of sp³-hybridized carbons (Fsp3) is 0.814. The second kappa shape index (κ2) is 29.8. The lowest BCUT2D eigenvalue weighted by Crippen LogP contribution is -2.53. The minimum Gasteiger partial charge on any atom is -0.480 e. The van der Waals surface area contributed by atoms with E-state index < -0.39 is 11.5 Å². The summed E-state index contributed by atoms with van der Waals surface area (Å²) in [5.41, 5.74) is 2.41. The van der Waals surface area contributed by atoms with Crippen LogP contribution in [-0.4, -0.2) is 53.4 Å². The van der Waals surface area contributed by atoms with Crippen LogP contribution in [0.1, 0.15) is 198 Å². The number of hydrogen-bond donors (Lipinski definition) is 2. The zero-order valence-corrected chi connectivity index (χ0v) is 32.5. The molecule has 284 valence electrons. The quantitative estimate of drug-likeness (QED) is 0.0554. The van der Waals surface area contributed by atoms with E-state index in [1.807, 2.05) is 0 Å². The van der Waals surface area contributed by atoms with Gasteiger partial charge in [-0.2, -0.15) is 0 Å². The molecular weight excluding hydrogens is 610 g/mol. The summed E-state index contributed by atoms with van der Waals surface area (Å²) < 4.78 is 5.45. The number of carbonyl (C=O) groups excluding carboxylic acids is 1. The van der Waals surface area contributed by atoms with Crippen molar-refractivity contribution >= 4 is 11.9 Å². The Hall–Kier alpha value is -1.92. The predicted octanol–water partition coefficient (Wildman–Crippen LogP) is 11.3. The average molecular weight is 688 g/mol. The van der Waals surface area contributed by atoms with E-state index in [-0.39, 0.29) is 12.6 Å². The normalized spacial score (nSPS) is 12.8. The van der Waals surface area contributed by atoms with Gasteiger partial charge in [0.15, 0.2) is 0 Å². The first kappa shape index (κ1) is 45.1. The van der Waals surface area contributed by atoms with Gasteiger partial charge in [-0.05, 0) is 74.6 Å². The number of esters is 1. The van der Waals surface area contributed by atoms with Crippen LogP contribution in [0.25, 0.3) is 0 Å². The molecule has 0 aliphatic heterocycles. The van der Waals surface area contributed by atoms with Crippen molar-refractivity contribution in [2.45, 2.75) is 200 Å². The van der Waals surface area contributed by atoms with Crippen LogP contribution in [0.5, 0.6) is 0 Å². The van der Waals surface area contributed by atoms with Gasteiger partial charge in [-0.15, -0.1) is 0 Å². The van der Waals surface area contributed by atoms with Crippen molar-refractivity contribution < 1.29 is 24.5 Å². The molecule has 6 nitrogen and oxygen atoms in total. The Morgan fingerprint density at radius 3 is 1.78 bits per heavy atom. The van der Waals surface area contributed by atoms with Crippen LogP contribution < -0.4 is 0 Å². The number of aryl methyl sites for hydroxylation is 2. The van der Waals surface area contributed by atoms with Crippen molar-refractivity contribution in [1.29, 1.82) is 0 Å².